The summed E-state index contributed by atoms with van der Waals surface area (Å²) in [6.07, 6.45) is 5.14. The lowest BCUT2D eigenvalue weighted by molar-refractivity contribution is 0.0944. The van der Waals surface area contributed by atoms with Gasteiger partial charge in [-0.3, -0.25) is 9.48 Å². The number of amides is 1. The van der Waals surface area contributed by atoms with Crippen LogP contribution in [0.2, 0.25) is 0 Å². The lowest BCUT2D eigenvalue weighted by Crippen LogP contribution is -2.25. The third-order valence-electron chi connectivity index (χ3n) is 3.08. The standard InChI is InChI=1S/C13H13BrN6O/c1-2-19-11(9(14)7-17-19)8-16-13(21)10-6-12-15-4-3-5-20(12)18-10/h3-7H,2,8H2,1H3,(H,16,21). The molecule has 0 spiro atoms. The number of carbonyl (C=O) groups excluding carboxylic acids is 1. The minimum atomic E-state index is -0.240. The normalized spacial score (nSPS) is 11.0. The zero-order valence-electron chi connectivity index (χ0n) is 11.3. The van der Waals surface area contributed by atoms with Crippen molar-refractivity contribution in [3.63, 3.8) is 0 Å². The van der Waals surface area contributed by atoms with Crippen molar-refractivity contribution in [2.45, 2.75) is 20.0 Å². The largest absolute Gasteiger partial charge is 0.345 e. The van der Waals surface area contributed by atoms with Gasteiger partial charge in [0.2, 0.25) is 0 Å². The molecule has 0 aliphatic carbocycles. The summed E-state index contributed by atoms with van der Waals surface area (Å²) < 4.78 is 4.28. The molecule has 0 bridgehead atoms. The highest BCUT2D eigenvalue weighted by atomic mass is 79.9. The second-order valence-electron chi connectivity index (χ2n) is 4.39. The Hall–Kier alpha value is -2.22. The molecule has 3 aromatic heterocycles. The highest BCUT2D eigenvalue weighted by Gasteiger charge is 2.13. The highest BCUT2D eigenvalue weighted by Crippen LogP contribution is 2.15. The molecule has 0 fully saturated rings. The van der Waals surface area contributed by atoms with E-state index in [4.69, 9.17) is 0 Å². The summed E-state index contributed by atoms with van der Waals surface area (Å²) in [6.45, 7) is 3.13. The van der Waals surface area contributed by atoms with Crippen LogP contribution in [-0.4, -0.2) is 30.3 Å². The van der Waals surface area contributed by atoms with Gasteiger partial charge in [-0.05, 0) is 28.9 Å². The number of nitrogens with zero attached hydrogens (tertiary/aromatic N) is 5. The van der Waals surface area contributed by atoms with E-state index in [1.807, 2.05) is 11.6 Å². The molecule has 7 nitrogen and oxygen atoms in total. The molecule has 0 aliphatic rings. The molecule has 1 N–H and O–H groups in total. The molecular formula is C13H13BrN6O. The van der Waals surface area contributed by atoms with Crippen molar-refractivity contribution in [1.82, 2.24) is 29.7 Å². The first kappa shape index (κ1) is 13.7. The first-order valence-corrected chi connectivity index (χ1v) is 7.27. The third kappa shape index (κ3) is 2.66. The zero-order valence-corrected chi connectivity index (χ0v) is 12.9. The Labute approximate surface area is 129 Å². The fourth-order valence-corrected chi connectivity index (χ4v) is 2.47. The Kier molecular flexibility index (Phi) is 3.70. The summed E-state index contributed by atoms with van der Waals surface area (Å²) in [5.74, 6) is -0.240. The molecule has 0 unspecified atom stereocenters. The van der Waals surface area contributed by atoms with Crippen LogP contribution < -0.4 is 5.32 Å². The maximum atomic E-state index is 12.2. The first-order valence-electron chi connectivity index (χ1n) is 6.48. The number of nitrogens with one attached hydrogen (secondary N) is 1. The van der Waals surface area contributed by atoms with Gasteiger partial charge in [-0.15, -0.1) is 0 Å². The Bertz CT molecular complexity index is 760. The van der Waals surface area contributed by atoms with Gasteiger partial charge in [0.1, 0.15) is 0 Å². The van der Waals surface area contributed by atoms with Crippen molar-refractivity contribution in [3.05, 3.63) is 46.6 Å². The predicted molar refractivity (Wildman–Crippen MR) is 79.8 cm³/mol. The summed E-state index contributed by atoms with van der Waals surface area (Å²) in [4.78, 5) is 16.3. The third-order valence-corrected chi connectivity index (χ3v) is 3.74. The van der Waals surface area contributed by atoms with Crippen LogP contribution in [0.1, 0.15) is 23.1 Å². The summed E-state index contributed by atoms with van der Waals surface area (Å²) >= 11 is 3.43. The van der Waals surface area contributed by atoms with Crippen LogP contribution in [0.5, 0.6) is 0 Å². The van der Waals surface area contributed by atoms with Crippen LogP contribution in [0.4, 0.5) is 0 Å². The lowest BCUT2D eigenvalue weighted by Gasteiger charge is -2.06. The Morgan fingerprint density at radius 2 is 2.33 bits per heavy atom. The summed E-state index contributed by atoms with van der Waals surface area (Å²) in [6, 6.07) is 3.42. The van der Waals surface area contributed by atoms with E-state index in [1.54, 1.807) is 35.2 Å². The zero-order chi connectivity index (χ0) is 14.8. The molecule has 3 aromatic rings. The quantitative estimate of drug-likeness (QED) is 0.777. The number of hydrogen-bond acceptors (Lipinski definition) is 4. The topological polar surface area (TPSA) is 77.1 Å². The first-order chi connectivity index (χ1) is 10.2. The van der Waals surface area contributed by atoms with Gasteiger partial charge in [0.25, 0.3) is 5.91 Å². The maximum absolute atomic E-state index is 12.2. The van der Waals surface area contributed by atoms with Crippen LogP contribution in [0.3, 0.4) is 0 Å². The van der Waals surface area contributed by atoms with E-state index in [0.717, 1.165) is 16.7 Å². The lowest BCUT2D eigenvalue weighted by atomic mass is 10.3. The van der Waals surface area contributed by atoms with Crippen molar-refractivity contribution < 1.29 is 4.79 Å². The van der Waals surface area contributed by atoms with Crippen LogP contribution in [-0.2, 0) is 13.1 Å². The maximum Gasteiger partial charge on any atom is 0.272 e. The molecule has 0 atom stereocenters. The van der Waals surface area contributed by atoms with Gasteiger partial charge in [-0.2, -0.15) is 10.2 Å². The van der Waals surface area contributed by atoms with E-state index in [9.17, 15) is 4.79 Å². The molecule has 3 heterocycles. The molecule has 3 rings (SSSR count). The fraction of sp³-hybridized carbons (Fsp3) is 0.231. The minimum absolute atomic E-state index is 0.240. The Balaban J connectivity index is 1.75. The van der Waals surface area contributed by atoms with E-state index < -0.39 is 0 Å². The summed E-state index contributed by atoms with van der Waals surface area (Å²) in [5, 5.41) is 11.2. The average Bonchev–Trinajstić information content (AvgIpc) is 3.08. The number of aryl methyl sites for hydroxylation is 1. The second kappa shape index (κ2) is 5.65. The van der Waals surface area contributed by atoms with Crippen LogP contribution in [0.25, 0.3) is 5.65 Å². The van der Waals surface area contributed by atoms with Gasteiger partial charge in [0.05, 0.1) is 22.9 Å². The molecule has 108 valence electrons. The summed E-state index contributed by atoms with van der Waals surface area (Å²) in [5.41, 5.74) is 1.91. The van der Waals surface area contributed by atoms with E-state index >= 15 is 0 Å². The van der Waals surface area contributed by atoms with Crippen molar-refractivity contribution in [2.24, 2.45) is 0 Å². The van der Waals surface area contributed by atoms with Crippen molar-refractivity contribution in [3.8, 4) is 0 Å². The minimum Gasteiger partial charge on any atom is -0.345 e. The van der Waals surface area contributed by atoms with Gasteiger partial charge in [-0.1, -0.05) is 0 Å². The second-order valence-corrected chi connectivity index (χ2v) is 5.24. The molecule has 0 saturated heterocycles. The van der Waals surface area contributed by atoms with E-state index in [-0.39, 0.29) is 5.91 Å². The Morgan fingerprint density at radius 3 is 3.10 bits per heavy atom. The van der Waals surface area contributed by atoms with Crippen LogP contribution >= 0.6 is 15.9 Å². The van der Waals surface area contributed by atoms with Gasteiger partial charge >= 0.3 is 0 Å². The predicted octanol–water partition coefficient (Wildman–Crippen LogP) is 1.64. The number of carbonyl (C=O) groups is 1. The molecule has 0 aliphatic heterocycles. The molecule has 0 saturated carbocycles. The molecule has 21 heavy (non-hydrogen) atoms. The smallest absolute Gasteiger partial charge is 0.272 e. The molecule has 8 heteroatoms. The van der Waals surface area contributed by atoms with Gasteiger partial charge < -0.3 is 5.32 Å². The SMILES string of the molecule is CCn1ncc(Br)c1CNC(=O)c1cc2ncccn2n1. The van der Waals surface area contributed by atoms with Gasteiger partial charge in [0.15, 0.2) is 11.3 Å². The molecular weight excluding hydrogens is 336 g/mol. The monoisotopic (exact) mass is 348 g/mol. The Morgan fingerprint density at radius 1 is 1.48 bits per heavy atom. The average molecular weight is 349 g/mol. The van der Waals surface area contributed by atoms with Crippen molar-refractivity contribution in [2.75, 3.05) is 0 Å². The van der Waals surface area contributed by atoms with Crippen LogP contribution in [0, 0.1) is 0 Å². The summed E-state index contributed by atoms with van der Waals surface area (Å²) in [7, 11) is 0. The van der Waals surface area contributed by atoms with Crippen molar-refractivity contribution in [1.29, 1.82) is 0 Å². The highest BCUT2D eigenvalue weighted by molar-refractivity contribution is 9.10. The molecule has 0 radical (unpaired) electrons. The van der Waals surface area contributed by atoms with Gasteiger partial charge in [0, 0.05) is 25.0 Å². The van der Waals surface area contributed by atoms with Crippen molar-refractivity contribution >= 4 is 27.5 Å². The molecule has 0 aromatic carbocycles. The molecule has 1 amide bonds. The number of halogens is 1. The van der Waals surface area contributed by atoms with E-state index in [1.165, 1.54) is 0 Å². The van der Waals surface area contributed by atoms with E-state index in [0.29, 0.717) is 17.9 Å². The number of fused-ring (bicyclic) bond motifs is 1. The number of hydrogen-bond donors (Lipinski definition) is 1. The fourth-order valence-electron chi connectivity index (χ4n) is 2.03. The number of rotatable bonds is 4. The van der Waals surface area contributed by atoms with Crippen LogP contribution in [0.15, 0.2) is 35.2 Å². The van der Waals surface area contributed by atoms with E-state index in [2.05, 4.69) is 36.4 Å². The number of aromatic nitrogens is 5. The van der Waals surface area contributed by atoms with Gasteiger partial charge in [-0.25, -0.2) is 9.50 Å².